The van der Waals surface area contributed by atoms with Gasteiger partial charge in [-0.3, -0.25) is 0 Å². The van der Waals surface area contributed by atoms with Crippen LogP contribution in [0.15, 0.2) is 6.07 Å². The van der Waals surface area contributed by atoms with Crippen molar-refractivity contribution in [3.05, 3.63) is 27.8 Å². The Labute approximate surface area is 107 Å². The molecule has 1 aliphatic heterocycles. The van der Waals surface area contributed by atoms with Crippen LogP contribution in [0.25, 0.3) is 0 Å². The van der Waals surface area contributed by atoms with Crippen molar-refractivity contribution in [3.8, 4) is 5.75 Å². The van der Waals surface area contributed by atoms with Gasteiger partial charge in [0, 0.05) is 18.0 Å². The molecular formula is C14H18ClNO. The molecule has 0 spiro atoms. The quantitative estimate of drug-likeness (QED) is 0.804. The molecule has 0 saturated carbocycles. The number of nitrogens with one attached hydrogen (secondary N) is 1. The average Bonchev–Trinajstić information content (AvgIpc) is 2.87. The number of hydrogen-bond acceptors (Lipinski definition) is 2. The molecule has 2 N–H and O–H groups in total. The van der Waals surface area contributed by atoms with Crippen LogP contribution < -0.4 is 5.32 Å². The third kappa shape index (κ3) is 1.94. The largest absolute Gasteiger partial charge is 0.506 e. The van der Waals surface area contributed by atoms with Gasteiger partial charge in [-0.1, -0.05) is 17.7 Å². The Hall–Kier alpha value is -0.730. The van der Waals surface area contributed by atoms with E-state index in [4.69, 9.17) is 11.6 Å². The molecule has 0 amide bonds. The lowest BCUT2D eigenvalue weighted by molar-refractivity contribution is 0.460. The van der Waals surface area contributed by atoms with Crippen LogP contribution in [0, 0.1) is 0 Å². The van der Waals surface area contributed by atoms with E-state index in [0.717, 1.165) is 37.9 Å². The van der Waals surface area contributed by atoms with Crippen molar-refractivity contribution in [2.75, 3.05) is 13.1 Å². The SMILES string of the molecule is Oc1c(C2CCNC2)cc2c(c1Cl)CCCC2. The molecule has 3 heteroatoms. The Kier molecular flexibility index (Phi) is 3.01. The minimum absolute atomic E-state index is 0.334. The van der Waals surface area contributed by atoms with Gasteiger partial charge in [-0.05, 0) is 49.8 Å². The van der Waals surface area contributed by atoms with Crippen LogP contribution in [0.1, 0.15) is 41.9 Å². The Morgan fingerprint density at radius 1 is 1.29 bits per heavy atom. The van der Waals surface area contributed by atoms with Gasteiger partial charge in [0.15, 0.2) is 0 Å². The molecule has 0 bridgehead atoms. The van der Waals surface area contributed by atoms with Gasteiger partial charge >= 0.3 is 0 Å². The first kappa shape index (κ1) is 11.4. The van der Waals surface area contributed by atoms with Gasteiger partial charge in [0.2, 0.25) is 0 Å². The maximum Gasteiger partial charge on any atom is 0.137 e. The van der Waals surface area contributed by atoms with E-state index in [1.165, 1.54) is 24.0 Å². The maximum atomic E-state index is 10.3. The van der Waals surface area contributed by atoms with Gasteiger partial charge in [-0.15, -0.1) is 0 Å². The molecule has 0 radical (unpaired) electrons. The highest BCUT2D eigenvalue weighted by atomic mass is 35.5. The summed E-state index contributed by atoms with van der Waals surface area (Å²) >= 11 is 6.32. The second-order valence-corrected chi connectivity index (χ2v) is 5.54. The summed E-state index contributed by atoms with van der Waals surface area (Å²) in [5.74, 6) is 0.765. The molecule has 2 aliphatic rings. The Morgan fingerprint density at radius 3 is 2.88 bits per heavy atom. The van der Waals surface area contributed by atoms with E-state index in [2.05, 4.69) is 11.4 Å². The second kappa shape index (κ2) is 4.51. The first-order valence-electron chi connectivity index (χ1n) is 6.51. The zero-order chi connectivity index (χ0) is 11.8. The molecule has 1 aromatic rings. The zero-order valence-electron chi connectivity index (χ0n) is 9.93. The Balaban J connectivity index is 2.06. The van der Waals surface area contributed by atoms with Crippen LogP contribution in [0.4, 0.5) is 0 Å². The Morgan fingerprint density at radius 2 is 2.12 bits per heavy atom. The fourth-order valence-electron chi connectivity index (χ4n) is 3.10. The van der Waals surface area contributed by atoms with Crippen LogP contribution >= 0.6 is 11.6 Å². The van der Waals surface area contributed by atoms with E-state index in [0.29, 0.717) is 16.7 Å². The van der Waals surface area contributed by atoms with Crippen molar-refractivity contribution < 1.29 is 5.11 Å². The number of aryl methyl sites for hydroxylation is 1. The van der Waals surface area contributed by atoms with Gasteiger partial charge < -0.3 is 10.4 Å². The van der Waals surface area contributed by atoms with Crippen LogP contribution in [0.5, 0.6) is 5.75 Å². The highest BCUT2D eigenvalue weighted by molar-refractivity contribution is 6.33. The van der Waals surface area contributed by atoms with E-state index in [1.54, 1.807) is 0 Å². The molecule has 2 nitrogen and oxygen atoms in total. The van der Waals surface area contributed by atoms with Crippen molar-refractivity contribution >= 4 is 11.6 Å². The molecule has 17 heavy (non-hydrogen) atoms. The van der Waals surface area contributed by atoms with Crippen LogP contribution in [0.2, 0.25) is 5.02 Å². The first-order chi connectivity index (χ1) is 8.27. The Bertz CT molecular complexity index is 438. The highest BCUT2D eigenvalue weighted by Gasteiger charge is 2.25. The van der Waals surface area contributed by atoms with Crippen LogP contribution in [-0.4, -0.2) is 18.2 Å². The molecule has 1 aliphatic carbocycles. The normalized spacial score (nSPS) is 23.7. The smallest absolute Gasteiger partial charge is 0.137 e. The van der Waals surface area contributed by atoms with Crippen LogP contribution in [-0.2, 0) is 12.8 Å². The third-order valence-corrected chi connectivity index (χ3v) is 4.49. The van der Waals surface area contributed by atoms with E-state index < -0.39 is 0 Å². The van der Waals surface area contributed by atoms with Gasteiger partial charge in [-0.2, -0.15) is 0 Å². The monoisotopic (exact) mass is 251 g/mol. The maximum absolute atomic E-state index is 10.3. The third-order valence-electron chi connectivity index (χ3n) is 4.09. The average molecular weight is 252 g/mol. The summed E-state index contributed by atoms with van der Waals surface area (Å²) in [6.07, 6.45) is 5.67. The number of phenolic OH excluding ortho intramolecular Hbond substituents is 1. The summed E-state index contributed by atoms with van der Waals surface area (Å²) in [4.78, 5) is 0. The van der Waals surface area contributed by atoms with E-state index in [9.17, 15) is 5.11 Å². The lowest BCUT2D eigenvalue weighted by Crippen LogP contribution is -2.10. The highest BCUT2D eigenvalue weighted by Crippen LogP contribution is 2.41. The second-order valence-electron chi connectivity index (χ2n) is 5.16. The summed E-state index contributed by atoms with van der Waals surface area (Å²) in [5, 5.41) is 14.2. The minimum Gasteiger partial charge on any atom is -0.506 e. The number of halogens is 1. The zero-order valence-corrected chi connectivity index (χ0v) is 10.7. The molecule has 1 unspecified atom stereocenters. The fourth-order valence-corrected chi connectivity index (χ4v) is 3.42. The summed E-state index contributed by atoms with van der Waals surface area (Å²) in [6.45, 7) is 2.00. The van der Waals surface area contributed by atoms with Crippen molar-refractivity contribution in [2.45, 2.75) is 38.0 Å². The fraction of sp³-hybridized carbons (Fsp3) is 0.571. The molecule has 0 aromatic heterocycles. The standard InChI is InChI=1S/C14H18ClNO/c15-13-11-4-2-1-3-9(11)7-12(14(13)17)10-5-6-16-8-10/h7,10,16-17H,1-6,8H2. The number of phenols is 1. The number of aromatic hydroxyl groups is 1. The summed E-state index contributed by atoms with van der Waals surface area (Å²) in [6, 6.07) is 2.20. The first-order valence-corrected chi connectivity index (χ1v) is 6.89. The van der Waals surface area contributed by atoms with Crippen molar-refractivity contribution in [1.29, 1.82) is 0 Å². The topological polar surface area (TPSA) is 32.3 Å². The summed E-state index contributed by atoms with van der Waals surface area (Å²) in [5.41, 5.74) is 3.60. The van der Waals surface area contributed by atoms with Crippen molar-refractivity contribution in [2.24, 2.45) is 0 Å². The van der Waals surface area contributed by atoms with E-state index >= 15 is 0 Å². The van der Waals surface area contributed by atoms with Gasteiger partial charge in [0.25, 0.3) is 0 Å². The molecule has 1 heterocycles. The molecule has 1 saturated heterocycles. The van der Waals surface area contributed by atoms with Gasteiger partial charge in [0.1, 0.15) is 5.75 Å². The lowest BCUT2D eigenvalue weighted by Gasteiger charge is -2.22. The number of hydrogen-bond donors (Lipinski definition) is 2. The minimum atomic E-state index is 0.334. The summed E-state index contributed by atoms with van der Waals surface area (Å²) < 4.78 is 0. The van der Waals surface area contributed by atoms with Crippen molar-refractivity contribution in [3.63, 3.8) is 0 Å². The number of rotatable bonds is 1. The molecular weight excluding hydrogens is 234 g/mol. The summed E-state index contributed by atoms with van der Waals surface area (Å²) in [7, 11) is 0. The molecule has 1 atom stereocenters. The van der Waals surface area contributed by atoms with Gasteiger partial charge in [0.05, 0.1) is 5.02 Å². The van der Waals surface area contributed by atoms with Crippen LogP contribution in [0.3, 0.4) is 0 Å². The predicted molar refractivity (Wildman–Crippen MR) is 70.0 cm³/mol. The van der Waals surface area contributed by atoms with E-state index in [-0.39, 0.29) is 0 Å². The van der Waals surface area contributed by atoms with Gasteiger partial charge in [-0.25, -0.2) is 0 Å². The number of benzene rings is 1. The molecule has 1 fully saturated rings. The molecule has 92 valence electrons. The lowest BCUT2D eigenvalue weighted by atomic mass is 9.86. The predicted octanol–water partition coefficient (Wildman–Crippen LogP) is 3.00. The van der Waals surface area contributed by atoms with Crippen molar-refractivity contribution in [1.82, 2.24) is 5.32 Å². The molecule has 1 aromatic carbocycles. The van der Waals surface area contributed by atoms with E-state index in [1.807, 2.05) is 0 Å². The molecule has 3 rings (SSSR count). The number of fused-ring (bicyclic) bond motifs is 1.